The second-order valence-corrected chi connectivity index (χ2v) is 8.36. The number of hydrogen-bond donors (Lipinski definition) is 0. The van der Waals surface area contributed by atoms with Crippen molar-refractivity contribution in [1.82, 2.24) is 0 Å². The minimum Gasteiger partial charge on any atom is -0.0622 e. The van der Waals surface area contributed by atoms with E-state index in [1.165, 1.54) is 30.4 Å². The molecule has 0 fully saturated rings. The van der Waals surface area contributed by atoms with Crippen LogP contribution < -0.4 is 0 Å². The molecule has 0 heteroatoms. The van der Waals surface area contributed by atoms with Crippen molar-refractivity contribution in [2.75, 3.05) is 0 Å². The van der Waals surface area contributed by atoms with Crippen LogP contribution in [-0.4, -0.2) is 0 Å². The summed E-state index contributed by atoms with van der Waals surface area (Å²) in [7, 11) is 0. The quantitative estimate of drug-likeness (QED) is 0.624. The smallest absolute Gasteiger partial charge is 0.0132 e. The largest absolute Gasteiger partial charge is 0.0622 e. The fraction of sp³-hybridized carbons (Fsp3) is 0.684. The normalized spacial score (nSPS) is 14.5. The molecule has 0 N–H and O–H groups in total. The Morgan fingerprint density at radius 2 is 1.42 bits per heavy atom. The minimum absolute atomic E-state index is 0.260. The summed E-state index contributed by atoms with van der Waals surface area (Å²) < 4.78 is 0. The molecular formula is C19H32. The molecule has 19 heavy (non-hydrogen) atoms. The van der Waals surface area contributed by atoms with Crippen molar-refractivity contribution in [1.29, 1.82) is 0 Å². The summed E-state index contributed by atoms with van der Waals surface area (Å²) in [6.45, 7) is 16.2. The fourth-order valence-electron chi connectivity index (χ4n) is 2.32. The molecule has 108 valence electrons. The lowest BCUT2D eigenvalue weighted by Crippen LogP contribution is -2.11. The van der Waals surface area contributed by atoms with Crippen molar-refractivity contribution in [3.05, 3.63) is 35.4 Å². The lowest BCUT2D eigenvalue weighted by molar-refractivity contribution is 0.329. The molecule has 0 aliphatic rings. The van der Waals surface area contributed by atoms with Crippen molar-refractivity contribution in [2.24, 2.45) is 11.3 Å². The Hall–Kier alpha value is -0.780. The van der Waals surface area contributed by atoms with Gasteiger partial charge in [0.15, 0.2) is 0 Å². The van der Waals surface area contributed by atoms with E-state index in [-0.39, 0.29) is 5.41 Å². The van der Waals surface area contributed by atoms with Gasteiger partial charge in [-0.15, -0.1) is 0 Å². The molecule has 1 aromatic carbocycles. The number of hydrogen-bond acceptors (Lipinski definition) is 0. The second-order valence-electron chi connectivity index (χ2n) is 8.36. The van der Waals surface area contributed by atoms with E-state index >= 15 is 0 Å². The first-order valence-electron chi connectivity index (χ1n) is 7.67. The van der Waals surface area contributed by atoms with Gasteiger partial charge in [-0.1, -0.05) is 72.7 Å². The first-order valence-corrected chi connectivity index (χ1v) is 7.67. The van der Waals surface area contributed by atoms with Crippen LogP contribution in [0.3, 0.4) is 0 Å². The van der Waals surface area contributed by atoms with Gasteiger partial charge in [0.25, 0.3) is 0 Å². The van der Waals surface area contributed by atoms with Crippen LogP contribution in [0.4, 0.5) is 0 Å². The topological polar surface area (TPSA) is 0 Å². The molecule has 0 aliphatic heterocycles. The Labute approximate surface area is 120 Å². The lowest BCUT2D eigenvalue weighted by Gasteiger charge is -2.22. The Balaban J connectivity index is 2.54. The Bertz CT molecular complexity index is 370. The molecule has 0 amide bonds. The molecule has 1 unspecified atom stereocenters. The van der Waals surface area contributed by atoms with E-state index in [4.69, 9.17) is 0 Å². The van der Waals surface area contributed by atoms with Gasteiger partial charge in [0.2, 0.25) is 0 Å². The summed E-state index contributed by atoms with van der Waals surface area (Å²) in [5.41, 5.74) is 3.63. The van der Waals surface area contributed by atoms with Crippen LogP contribution in [0.15, 0.2) is 24.3 Å². The van der Waals surface area contributed by atoms with Gasteiger partial charge in [0.1, 0.15) is 0 Å². The molecular weight excluding hydrogens is 228 g/mol. The highest BCUT2D eigenvalue weighted by Crippen LogP contribution is 2.26. The predicted molar refractivity (Wildman–Crippen MR) is 86.7 cm³/mol. The van der Waals surface area contributed by atoms with E-state index in [0.717, 1.165) is 5.92 Å². The maximum absolute atomic E-state index is 2.38. The summed E-state index contributed by atoms with van der Waals surface area (Å²) >= 11 is 0. The molecule has 0 radical (unpaired) electrons. The molecule has 1 aromatic rings. The summed E-state index contributed by atoms with van der Waals surface area (Å²) in [6, 6.07) is 9.22. The van der Waals surface area contributed by atoms with Gasteiger partial charge in [-0.3, -0.25) is 0 Å². The highest BCUT2D eigenvalue weighted by molar-refractivity contribution is 5.27. The summed E-state index contributed by atoms with van der Waals surface area (Å²) in [4.78, 5) is 0. The SMILES string of the molecule is CC(CCC(C)(C)C)Cc1ccc(C(C)(C)C)cc1. The Morgan fingerprint density at radius 3 is 1.84 bits per heavy atom. The number of benzene rings is 1. The monoisotopic (exact) mass is 260 g/mol. The molecule has 0 saturated heterocycles. The maximum atomic E-state index is 2.38. The molecule has 1 rings (SSSR count). The highest BCUT2D eigenvalue weighted by atomic mass is 14.2. The molecule has 0 nitrogen and oxygen atoms in total. The maximum Gasteiger partial charge on any atom is -0.0132 e. The van der Waals surface area contributed by atoms with E-state index < -0.39 is 0 Å². The zero-order chi connectivity index (χ0) is 14.7. The van der Waals surface area contributed by atoms with Gasteiger partial charge >= 0.3 is 0 Å². The van der Waals surface area contributed by atoms with Crippen LogP contribution in [0.2, 0.25) is 0 Å². The minimum atomic E-state index is 0.260. The Morgan fingerprint density at radius 1 is 0.895 bits per heavy atom. The van der Waals surface area contributed by atoms with Crippen molar-refractivity contribution in [2.45, 2.75) is 73.1 Å². The van der Waals surface area contributed by atoms with Crippen LogP contribution in [0.25, 0.3) is 0 Å². The first kappa shape index (κ1) is 16.3. The summed E-state index contributed by atoms with van der Waals surface area (Å²) in [5, 5.41) is 0. The zero-order valence-electron chi connectivity index (χ0n) is 14.0. The third-order valence-electron chi connectivity index (χ3n) is 3.79. The standard InChI is InChI=1S/C19H32/c1-15(12-13-18(2,3)4)14-16-8-10-17(11-9-16)19(5,6)7/h8-11,15H,12-14H2,1-7H3. The zero-order valence-corrected chi connectivity index (χ0v) is 14.0. The molecule has 0 spiro atoms. The first-order chi connectivity index (χ1) is 8.58. The predicted octanol–water partition coefficient (Wildman–Crippen LogP) is 5.99. The van der Waals surface area contributed by atoms with Gasteiger partial charge in [-0.05, 0) is 47.1 Å². The molecule has 0 bridgehead atoms. The van der Waals surface area contributed by atoms with Crippen LogP contribution >= 0.6 is 0 Å². The van der Waals surface area contributed by atoms with Crippen LogP contribution in [0, 0.1) is 11.3 Å². The van der Waals surface area contributed by atoms with Gasteiger partial charge in [-0.2, -0.15) is 0 Å². The van der Waals surface area contributed by atoms with Crippen molar-refractivity contribution in [3.63, 3.8) is 0 Å². The average molecular weight is 260 g/mol. The molecule has 0 heterocycles. The van der Waals surface area contributed by atoms with E-state index in [1.807, 2.05) is 0 Å². The van der Waals surface area contributed by atoms with E-state index in [2.05, 4.69) is 72.7 Å². The Kier molecular flexibility index (Phi) is 5.24. The van der Waals surface area contributed by atoms with Crippen molar-refractivity contribution in [3.8, 4) is 0 Å². The molecule has 0 saturated carbocycles. The van der Waals surface area contributed by atoms with Gasteiger partial charge < -0.3 is 0 Å². The van der Waals surface area contributed by atoms with Gasteiger partial charge in [0.05, 0.1) is 0 Å². The number of rotatable bonds is 4. The van der Waals surface area contributed by atoms with Crippen LogP contribution in [0.5, 0.6) is 0 Å². The third kappa shape index (κ3) is 6.27. The average Bonchev–Trinajstić information content (AvgIpc) is 2.25. The fourth-order valence-corrected chi connectivity index (χ4v) is 2.32. The summed E-state index contributed by atoms with van der Waals surface area (Å²) in [5.74, 6) is 0.778. The third-order valence-corrected chi connectivity index (χ3v) is 3.79. The van der Waals surface area contributed by atoms with Crippen LogP contribution in [0.1, 0.15) is 72.4 Å². The van der Waals surface area contributed by atoms with E-state index in [0.29, 0.717) is 5.41 Å². The molecule has 1 atom stereocenters. The second kappa shape index (κ2) is 6.11. The van der Waals surface area contributed by atoms with E-state index in [1.54, 1.807) is 0 Å². The van der Waals surface area contributed by atoms with Gasteiger partial charge in [0, 0.05) is 0 Å². The summed E-state index contributed by atoms with van der Waals surface area (Å²) in [6.07, 6.45) is 3.85. The van der Waals surface area contributed by atoms with Crippen molar-refractivity contribution < 1.29 is 0 Å². The van der Waals surface area contributed by atoms with Crippen molar-refractivity contribution >= 4 is 0 Å². The van der Waals surface area contributed by atoms with Gasteiger partial charge in [-0.25, -0.2) is 0 Å². The molecule has 0 aliphatic carbocycles. The highest BCUT2D eigenvalue weighted by Gasteiger charge is 2.15. The van der Waals surface area contributed by atoms with Crippen LogP contribution in [-0.2, 0) is 11.8 Å². The lowest BCUT2D eigenvalue weighted by atomic mass is 9.84. The molecule has 0 aromatic heterocycles. The van der Waals surface area contributed by atoms with E-state index in [9.17, 15) is 0 Å².